The molecule has 0 unspecified atom stereocenters. The van der Waals surface area contributed by atoms with Gasteiger partial charge in [0.25, 0.3) is 5.91 Å². The fraction of sp³-hybridized carbons (Fsp3) is 0.300. The average Bonchev–Trinajstić information content (AvgIpc) is 2.29. The highest BCUT2D eigenvalue weighted by Crippen LogP contribution is 2.19. The van der Waals surface area contributed by atoms with Crippen LogP contribution in [-0.2, 0) is 0 Å². The highest BCUT2D eigenvalue weighted by Gasteiger charge is 2.16. The van der Waals surface area contributed by atoms with Crippen LogP contribution in [0.25, 0.3) is 0 Å². The van der Waals surface area contributed by atoms with Gasteiger partial charge in [-0.1, -0.05) is 12.1 Å². The standard InChI is InChI=1S/C10H12N2O.2ClH/c1-12-7-6-11-10(13)8-4-2-3-5-9(8)12;;/h2-5H,6-7H2,1H3,(H,11,13);2*1H. The van der Waals surface area contributed by atoms with E-state index in [9.17, 15) is 4.79 Å². The van der Waals surface area contributed by atoms with E-state index in [-0.39, 0.29) is 30.7 Å². The lowest BCUT2D eigenvalue weighted by Gasteiger charge is -2.17. The predicted octanol–water partition coefficient (Wildman–Crippen LogP) is 1.71. The highest BCUT2D eigenvalue weighted by atomic mass is 35.5. The number of halogens is 2. The molecule has 1 aliphatic heterocycles. The summed E-state index contributed by atoms with van der Waals surface area (Å²) < 4.78 is 0. The molecule has 1 amide bonds. The second kappa shape index (κ2) is 5.83. The van der Waals surface area contributed by atoms with Gasteiger partial charge in [-0.2, -0.15) is 0 Å². The molecule has 0 saturated carbocycles. The maximum atomic E-state index is 11.5. The summed E-state index contributed by atoms with van der Waals surface area (Å²) in [6.07, 6.45) is 0. The van der Waals surface area contributed by atoms with Gasteiger partial charge in [0.2, 0.25) is 0 Å². The van der Waals surface area contributed by atoms with E-state index in [1.165, 1.54) is 0 Å². The van der Waals surface area contributed by atoms with Crippen LogP contribution in [0.5, 0.6) is 0 Å². The van der Waals surface area contributed by atoms with Crippen molar-refractivity contribution in [3.63, 3.8) is 0 Å². The maximum Gasteiger partial charge on any atom is 0.253 e. The van der Waals surface area contributed by atoms with Crippen LogP contribution in [0.1, 0.15) is 10.4 Å². The summed E-state index contributed by atoms with van der Waals surface area (Å²) in [5, 5.41) is 2.85. The fourth-order valence-electron chi connectivity index (χ4n) is 1.55. The van der Waals surface area contributed by atoms with Gasteiger partial charge in [-0.15, -0.1) is 24.8 Å². The van der Waals surface area contributed by atoms with Crippen molar-refractivity contribution in [2.24, 2.45) is 0 Å². The molecular formula is C10H14Cl2N2O. The number of para-hydroxylation sites is 1. The van der Waals surface area contributed by atoms with Crippen molar-refractivity contribution in [1.82, 2.24) is 5.32 Å². The minimum Gasteiger partial charge on any atom is -0.372 e. The number of nitrogens with zero attached hydrogens (tertiary/aromatic N) is 1. The summed E-state index contributed by atoms with van der Waals surface area (Å²) in [6, 6.07) is 7.66. The predicted molar refractivity (Wildman–Crippen MR) is 66.5 cm³/mol. The third kappa shape index (κ3) is 2.76. The number of benzene rings is 1. The van der Waals surface area contributed by atoms with Crippen LogP contribution in [0.15, 0.2) is 24.3 Å². The van der Waals surface area contributed by atoms with Crippen molar-refractivity contribution in [2.45, 2.75) is 0 Å². The molecule has 1 aliphatic rings. The first-order valence-corrected chi connectivity index (χ1v) is 4.37. The van der Waals surface area contributed by atoms with Crippen molar-refractivity contribution >= 4 is 36.4 Å². The Morgan fingerprint density at radius 3 is 2.67 bits per heavy atom. The van der Waals surface area contributed by atoms with Gasteiger partial charge in [-0.25, -0.2) is 0 Å². The third-order valence-electron chi connectivity index (χ3n) is 2.29. The molecular weight excluding hydrogens is 235 g/mol. The molecule has 15 heavy (non-hydrogen) atoms. The minimum atomic E-state index is 0. The molecule has 0 atom stereocenters. The zero-order chi connectivity index (χ0) is 9.26. The molecule has 1 heterocycles. The molecule has 1 aromatic rings. The topological polar surface area (TPSA) is 32.3 Å². The van der Waals surface area contributed by atoms with Crippen LogP contribution >= 0.6 is 24.8 Å². The second-order valence-electron chi connectivity index (χ2n) is 3.19. The van der Waals surface area contributed by atoms with E-state index in [1.54, 1.807) is 0 Å². The molecule has 0 aliphatic carbocycles. The van der Waals surface area contributed by atoms with E-state index in [1.807, 2.05) is 31.3 Å². The normalized spacial score (nSPS) is 13.9. The maximum absolute atomic E-state index is 11.5. The van der Waals surface area contributed by atoms with E-state index in [0.29, 0.717) is 6.54 Å². The van der Waals surface area contributed by atoms with Crippen molar-refractivity contribution in [3.05, 3.63) is 29.8 Å². The Kier molecular flexibility index (Phi) is 5.47. The lowest BCUT2D eigenvalue weighted by atomic mass is 10.1. The lowest BCUT2D eigenvalue weighted by molar-refractivity contribution is 0.0958. The number of anilines is 1. The van der Waals surface area contributed by atoms with Crippen LogP contribution in [0.4, 0.5) is 5.69 Å². The summed E-state index contributed by atoms with van der Waals surface area (Å²) in [5.74, 6) is 0.0277. The zero-order valence-corrected chi connectivity index (χ0v) is 10.0. The summed E-state index contributed by atoms with van der Waals surface area (Å²) in [7, 11) is 2.00. The van der Waals surface area contributed by atoms with E-state index >= 15 is 0 Å². The zero-order valence-electron chi connectivity index (χ0n) is 8.40. The van der Waals surface area contributed by atoms with Gasteiger partial charge in [-0.3, -0.25) is 4.79 Å². The number of nitrogens with one attached hydrogen (secondary N) is 1. The molecule has 2 rings (SSSR count). The Balaban J connectivity index is 0.000000980. The SMILES string of the molecule is CN1CCNC(=O)c2ccccc21.Cl.Cl. The van der Waals surface area contributed by atoms with Gasteiger partial charge in [0.05, 0.1) is 5.56 Å². The Morgan fingerprint density at radius 2 is 1.93 bits per heavy atom. The molecule has 0 fully saturated rings. The van der Waals surface area contributed by atoms with Crippen LogP contribution in [-0.4, -0.2) is 26.0 Å². The molecule has 0 aromatic heterocycles. The van der Waals surface area contributed by atoms with E-state index in [0.717, 1.165) is 17.8 Å². The average molecular weight is 249 g/mol. The van der Waals surface area contributed by atoms with Gasteiger partial charge < -0.3 is 10.2 Å². The van der Waals surface area contributed by atoms with Gasteiger partial charge >= 0.3 is 0 Å². The molecule has 0 saturated heterocycles. The Hall–Kier alpha value is -0.930. The van der Waals surface area contributed by atoms with E-state index in [4.69, 9.17) is 0 Å². The molecule has 5 heteroatoms. The van der Waals surface area contributed by atoms with E-state index < -0.39 is 0 Å². The quantitative estimate of drug-likeness (QED) is 0.759. The summed E-state index contributed by atoms with van der Waals surface area (Å²) in [5.41, 5.74) is 1.78. The monoisotopic (exact) mass is 248 g/mol. The van der Waals surface area contributed by atoms with Crippen molar-refractivity contribution in [2.75, 3.05) is 25.0 Å². The van der Waals surface area contributed by atoms with Crippen LogP contribution in [0.3, 0.4) is 0 Å². The number of carbonyl (C=O) groups excluding carboxylic acids is 1. The van der Waals surface area contributed by atoms with Gasteiger partial charge in [-0.05, 0) is 12.1 Å². The third-order valence-corrected chi connectivity index (χ3v) is 2.29. The number of likely N-dealkylation sites (N-methyl/N-ethyl adjacent to an activating group) is 1. The largest absolute Gasteiger partial charge is 0.372 e. The first-order valence-electron chi connectivity index (χ1n) is 4.37. The first kappa shape index (κ1) is 14.1. The Morgan fingerprint density at radius 1 is 1.27 bits per heavy atom. The summed E-state index contributed by atoms with van der Waals surface area (Å²) in [6.45, 7) is 1.58. The molecule has 84 valence electrons. The Bertz CT molecular complexity index is 344. The molecule has 0 bridgehead atoms. The summed E-state index contributed by atoms with van der Waals surface area (Å²) in [4.78, 5) is 13.6. The molecule has 1 N–H and O–H groups in total. The van der Waals surface area contributed by atoms with Crippen LogP contribution in [0.2, 0.25) is 0 Å². The number of amides is 1. The number of fused-ring (bicyclic) bond motifs is 1. The summed E-state index contributed by atoms with van der Waals surface area (Å²) >= 11 is 0. The number of rotatable bonds is 0. The van der Waals surface area contributed by atoms with Crippen molar-refractivity contribution in [3.8, 4) is 0 Å². The lowest BCUT2D eigenvalue weighted by Crippen LogP contribution is -2.27. The van der Waals surface area contributed by atoms with Crippen LogP contribution in [0, 0.1) is 0 Å². The van der Waals surface area contributed by atoms with Gasteiger partial charge in [0, 0.05) is 25.8 Å². The second-order valence-corrected chi connectivity index (χ2v) is 3.19. The minimum absolute atomic E-state index is 0. The number of hydrogen-bond acceptors (Lipinski definition) is 2. The van der Waals surface area contributed by atoms with Gasteiger partial charge in [0.15, 0.2) is 0 Å². The molecule has 3 nitrogen and oxygen atoms in total. The first-order chi connectivity index (χ1) is 6.29. The van der Waals surface area contributed by atoms with Crippen molar-refractivity contribution in [1.29, 1.82) is 0 Å². The van der Waals surface area contributed by atoms with Gasteiger partial charge in [0.1, 0.15) is 0 Å². The molecule has 0 radical (unpaired) electrons. The number of carbonyl (C=O) groups is 1. The fourth-order valence-corrected chi connectivity index (χ4v) is 1.55. The number of hydrogen-bond donors (Lipinski definition) is 1. The smallest absolute Gasteiger partial charge is 0.253 e. The Labute approximate surface area is 102 Å². The molecule has 0 spiro atoms. The van der Waals surface area contributed by atoms with Crippen molar-refractivity contribution < 1.29 is 4.79 Å². The molecule has 1 aromatic carbocycles. The highest BCUT2D eigenvalue weighted by molar-refractivity contribution is 6.00. The van der Waals surface area contributed by atoms with Crippen LogP contribution < -0.4 is 10.2 Å². The van der Waals surface area contributed by atoms with E-state index in [2.05, 4.69) is 10.2 Å².